The summed E-state index contributed by atoms with van der Waals surface area (Å²) in [6.07, 6.45) is 5.15. The Labute approximate surface area is 125 Å². The van der Waals surface area contributed by atoms with Crippen LogP contribution >= 0.6 is 23.4 Å². The van der Waals surface area contributed by atoms with E-state index in [0.29, 0.717) is 11.8 Å². The van der Waals surface area contributed by atoms with Gasteiger partial charge in [0.15, 0.2) is 0 Å². The van der Waals surface area contributed by atoms with E-state index in [4.69, 9.17) is 11.6 Å². The molecule has 0 aromatic heterocycles. The molecule has 1 aromatic rings. The van der Waals surface area contributed by atoms with E-state index in [9.17, 15) is 0 Å². The van der Waals surface area contributed by atoms with Gasteiger partial charge in [-0.25, -0.2) is 0 Å². The molecule has 1 atom stereocenters. The Morgan fingerprint density at radius 1 is 1.11 bits per heavy atom. The summed E-state index contributed by atoms with van der Waals surface area (Å²) in [6, 6.07) is 6.85. The number of benzene rings is 1. The molecule has 1 unspecified atom stereocenters. The van der Waals surface area contributed by atoms with Crippen LogP contribution in [0.25, 0.3) is 0 Å². The van der Waals surface area contributed by atoms with Gasteiger partial charge in [-0.3, -0.25) is 0 Å². The topological polar surface area (TPSA) is 12.0 Å². The predicted molar refractivity (Wildman–Crippen MR) is 85.6 cm³/mol. The van der Waals surface area contributed by atoms with Gasteiger partial charge in [-0.15, -0.1) is 0 Å². The number of rotatable bonds is 2. The summed E-state index contributed by atoms with van der Waals surface area (Å²) in [5.41, 5.74) is 2.81. The van der Waals surface area contributed by atoms with Crippen molar-refractivity contribution in [3.63, 3.8) is 0 Å². The molecule has 104 valence electrons. The molecule has 3 heteroatoms. The first-order chi connectivity index (χ1) is 9.34. The zero-order chi connectivity index (χ0) is 13.1. The number of hydrogen-bond acceptors (Lipinski definition) is 2. The normalized spacial score (nSPS) is 25.4. The fourth-order valence-corrected chi connectivity index (χ4v) is 4.72. The van der Waals surface area contributed by atoms with Crippen molar-refractivity contribution in [2.24, 2.45) is 0 Å². The quantitative estimate of drug-likeness (QED) is 0.867. The van der Waals surface area contributed by atoms with Gasteiger partial charge in [0.25, 0.3) is 0 Å². The number of hydrogen-bond donors (Lipinski definition) is 1. The van der Waals surface area contributed by atoms with E-state index >= 15 is 0 Å². The Balaban J connectivity index is 1.76. The fourth-order valence-electron chi connectivity index (χ4n) is 3.27. The minimum atomic E-state index is 0.655. The molecule has 0 saturated carbocycles. The second kappa shape index (κ2) is 6.51. The molecule has 2 fully saturated rings. The van der Waals surface area contributed by atoms with Crippen molar-refractivity contribution in [3.8, 4) is 0 Å². The first-order valence-electron chi connectivity index (χ1n) is 7.42. The maximum atomic E-state index is 6.55. The van der Waals surface area contributed by atoms with Crippen molar-refractivity contribution < 1.29 is 0 Å². The lowest BCUT2D eigenvalue weighted by molar-refractivity contribution is 0.461. The number of nitrogens with one attached hydrogen (secondary N) is 1. The molecule has 0 radical (unpaired) electrons. The highest BCUT2D eigenvalue weighted by atomic mass is 35.5. The molecule has 19 heavy (non-hydrogen) atoms. The van der Waals surface area contributed by atoms with Gasteiger partial charge in [0.2, 0.25) is 0 Å². The zero-order valence-electron chi connectivity index (χ0n) is 11.3. The standard InChI is InChI=1S/C16H22ClNS/c17-16-10-13(14-2-1-7-18-11-14)3-4-15(16)12-5-8-19-9-6-12/h3-4,10,12,14,18H,1-2,5-9,11H2. The summed E-state index contributed by atoms with van der Waals surface area (Å²) in [7, 11) is 0. The Morgan fingerprint density at radius 2 is 1.95 bits per heavy atom. The van der Waals surface area contributed by atoms with Gasteiger partial charge in [-0.2, -0.15) is 11.8 Å². The molecule has 0 bridgehead atoms. The van der Waals surface area contributed by atoms with Crippen LogP contribution in [0.1, 0.15) is 48.6 Å². The van der Waals surface area contributed by atoms with Crippen molar-refractivity contribution >= 4 is 23.4 Å². The molecule has 1 nitrogen and oxygen atoms in total. The van der Waals surface area contributed by atoms with Gasteiger partial charge in [0, 0.05) is 11.6 Å². The van der Waals surface area contributed by atoms with E-state index in [-0.39, 0.29) is 0 Å². The molecular weight excluding hydrogens is 274 g/mol. The molecule has 0 spiro atoms. The van der Waals surface area contributed by atoms with E-state index in [1.54, 1.807) is 0 Å². The first kappa shape index (κ1) is 13.8. The van der Waals surface area contributed by atoms with Gasteiger partial charge in [0.05, 0.1) is 0 Å². The van der Waals surface area contributed by atoms with Crippen molar-refractivity contribution in [2.75, 3.05) is 24.6 Å². The van der Waals surface area contributed by atoms with Crippen LogP contribution in [-0.4, -0.2) is 24.6 Å². The number of piperidine rings is 1. The van der Waals surface area contributed by atoms with Crippen LogP contribution < -0.4 is 5.32 Å². The largest absolute Gasteiger partial charge is 0.316 e. The average molecular weight is 296 g/mol. The molecule has 2 saturated heterocycles. The summed E-state index contributed by atoms with van der Waals surface area (Å²) in [6.45, 7) is 2.28. The first-order valence-corrected chi connectivity index (χ1v) is 8.95. The van der Waals surface area contributed by atoms with E-state index in [2.05, 4.69) is 35.3 Å². The maximum Gasteiger partial charge on any atom is 0.0443 e. The Kier molecular flexibility index (Phi) is 4.73. The zero-order valence-corrected chi connectivity index (χ0v) is 12.9. The van der Waals surface area contributed by atoms with E-state index in [0.717, 1.165) is 11.6 Å². The Morgan fingerprint density at radius 3 is 2.63 bits per heavy atom. The maximum absolute atomic E-state index is 6.55. The second-order valence-corrected chi connectivity index (χ2v) is 7.34. The molecule has 1 N–H and O–H groups in total. The van der Waals surface area contributed by atoms with Crippen LogP contribution in [0.3, 0.4) is 0 Å². The summed E-state index contributed by atoms with van der Waals surface area (Å²) in [4.78, 5) is 0. The SMILES string of the molecule is Clc1cc(C2CCCNC2)ccc1C1CCSCC1. The lowest BCUT2D eigenvalue weighted by Gasteiger charge is -2.26. The molecule has 2 heterocycles. The number of thioether (sulfide) groups is 1. The lowest BCUT2D eigenvalue weighted by atomic mass is 9.88. The summed E-state index contributed by atoms with van der Waals surface area (Å²) >= 11 is 8.63. The molecule has 0 amide bonds. The molecular formula is C16H22ClNS. The van der Waals surface area contributed by atoms with Crippen LogP contribution in [0, 0.1) is 0 Å². The van der Waals surface area contributed by atoms with Crippen LogP contribution in [0.4, 0.5) is 0 Å². The average Bonchev–Trinajstić information content (AvgIpc) is 2.49. The van der Waals surface area contributed by atoms with Gasteiger partial charge in [-0.05, 0) is 72.8 Å². The highest BCUT2D eigenvalue weighted by molar-refractivity contribution is 7.99. The van der Waals surface area contributed by atoms with Crippen molar-refractivity contribution in [3.05, 3.63) is 34.3 Å². The van der Waals surface area contributed by atoms with E-state index < -0.39 is 0 Å². The van der Waals surface area contributed by atoms with Crippen molar-refractivity contribution in [2.45, 2.75) is 37.5 Å². The van der Waals surface area contributed by atoms with Gasteiger partial charge in [-0.1, -0.05) is 23.7 Å². The van der Waals surface area contributed by atoms with Crippen LogP contribution in [-0.2, 0) is 0 Å². The minimum absolute atomic E-state index is 0.655. The molecule has 2 aliphatic heterocycles. The van der Waals surface area contributed by atoms with E-state index in [1.165, 1.54) is 54.9 Å². The highest BCUT2D eigenvalue weighted by Crippen LogP contribution is 2.37. The van der Waals surface area contributed by atoms with Crippen LogP contribution in [0.15, 0.2) is 18.2 Å². The molecule has 1 aromatic carbocycles. The third-order valence-electron chi connectivity index (χ3n) is 4.45. The fraction of sp³-hybridized carbons (Fsp3) is 0.625. The third kappa shape index (κ3) is 3.29. The van der Waals surface area contributed by atoms with Crippen LogP contribution in [0.5, 0.6) is 0 Å². The Bertz CT molecular complexity index is 423. The summed E-state index contributed by atoms with van der Waals surface area (Å²) < 4.78 is 0. The monoisotopic (exact) mass is 295 g/mol. The van der Waals surface area contributed by atoms with Gasteiger partial charge >= 0.3 is 0 Å². The van der Waals surface area contributed by atoms with Crippen molar-refractivity contribution in [1.29, 1.82) is 0 Å². The van der Waals surface area contributed by atoms with Gasteiger partial charge < -0.3 is 5.32 Å². The predicted octanol–water partition coefficient (Wildman–Crippen LogP) is 4.42. The second-order valence-electron chi connectivity index (χ2n) is 5.71. The highest BCUT2D eigenvalue weighted by Gasteiger charge is 2.20. The third-order valence-corrected chi connectivity index (χ3v) is 5.83. The van der Waals surface area contributed by atoms with Gasteiger partial charge in [0.1, 0.15) is 0 Å². The number of halogens is 1. The summed E-state index contributed by atoms with van der Waals surface area (Å²) in [5.74, 6) is 3.92. The van der Waals surface area contributed by atoms with E-state index in [1.807, 2.05) is 0 Å². The van der Waals surface area contributed by atoms with Crippen molar-refractivity contribution in [1.82, 2.24) is 5.32 Å². The smallest absolute Gasteiger partial charge is 0.0443 e. The summed E-state index contributed by atoms with van der Waals surface area (Å²) in [5, 5.41) is 4.48. The molecule has 2 aliphatic rings. The lowest BCUT2D eigenvalue weighted by Crippen LogP contribution is -2.28. The molecule has 3 rings (SSSR count). The Hall–Kier alpha value is -0.180. The molecule has 0 aliphatic carbocycles. The minimum Gasteiger partial charge on any atom is -0.316 e. The van der Waals surface area contributed by atoms with Crippen LogP contribution in [0.2, 0.25) is 5.02 Å².